The van der Waals surface area contributed by atoms with Crippen molar-refractivity contribution in [3.05, 3.63) is 41.2 Å². The number of aliphatic hydroxyl groups excluding tert-OH is 1. The minimum atomic E-state index is -4.47. The van der Waals surface area contributed by atoms with Gasteiger partial charge in [0.05, 0.1) is 6.61 Å². The van der Waals surface area contributed by atoms with E-state index in [1.165, 1.54) is 6.92 Å². The molecule has 0 bridgehead atoms. The van der Waals surface area contributed by atoms with Crippen molar-refractivity contribution in [2.45, 2.75) is 25.6 Å². The lowest BCUT2D eigenvalue weighted by molar-refractivity contribution is -0.141. The number of hydrogen-bond acceptors (Lipinski definition) is 3. The first-order chi connectivity index (χ1) is 9.81. The van der Waals surface area contributed by atoms with E-state index in [1.54, 1.807) is 24.3 Å². The summed E-state index contributed by atoms with van der Waals surface area (Å²) in [5, 5.41) is 8.89. The van der Waals surface area contributed by atoms with Crippen LogP contribution in [0.2, 0.25) is 0 Å². The molecule has 0 radical (unpaired) electrons. The Labute approximate surface area is 119 Å². The van der Waals surface area contributed by atoms with Crippen LogP contribution >= 0.6 is 0 Å². The molecule has 0 aliphatic rings. The molecule has 1 aromatic heterocycles. The number of aromatic nitrogens is 2. The normalized spacial score (nSPS) is 13.4. The Bertz CT molecular complexity index is 605. The largest absolute Gasteiger partial charge is 0.435 e. The molecule has 7 heteroatoms. The van der Waals surface area contributed by atoms with Gasteiger partial charge in [0.15, 0.2) is 5.69 Å². The molecule has 0 aliphatic heterocycles. The molecule has 1 heterocycles. The topological polar surface area (TPSA) is 74.9 Å². The summed E-state index contributed by atoms with van der Waals surface area (Å²) in [7, 11) is 0. The van der Waals surface area contributed by atoms with Crippen LogP contribution in [0.5, 0.6) is 0 Å². The van der Waals surface area contributed by atoms with Gasteiger partial charge in [0.1, 0.15) is 5.82 Å². The van der Waals surface area contributed by atoms with Crippen molar-refractivity contribution in [2.24, 2.45) is 5.73 Å². The Morgan fingerprint density at radius 1 is 1.29 bits per heavy atom. The van der Waals surface area contributed by atoms with Gasteiger partial charge in [0.25, 0.3) is 0 Å². The Morgan fingerprint density at radius 2 is 1.90 bits per heavy atom. The summed E-state index contributed by atoms with van der Waals surface area (Å²) < 4.78 is 38.1. The summed E-state index contributed by atoms with van der Waals surface area (Å²) in [5.41, 5.74) is 6.19. The number of rotatable bonds is 4. The molecule has 0 unspecified atom stereocenters. The number of H-pyrrole nitrogens is 1. The number of nitrogens with zero attached hydrogens (tertiary/aromatic N) is 1. The Hall–Kier alpha value is -1.86. The Balaban J connectivity index is 2.23. The van der Waals surface area contributed by atoms with E-state index in [0.29, 0.717) is 12.0 Å². The van der Waals surface area contributed by atoms with Crippen LogP contribution in [0, 0.1) is 6.92 Å². The van der Waals surface area contributed by atoms with Gasteiger partial charge in [-0.1, -0.05) is 24.3 Å². The number of aryl methyl sites for hydroxylation is 1. The van der Waals surface area contributed by atoms with Crippen LogP contribution in [0.15, 0.2) is 24.3 Å². The Morgan fingerprint density at radius 3 is 2.38 bits per heavy atom. The van der Waals surface area contributed by atoms with Crippen LogP contribution in [-0.2, 0) is 12.6 Å². The average Bonchev–Trinajstić information content (AvgIpc) is 2.81. The molecular weight excluding hydrogens is 283 g/mol. The summed E-state index contributed by atoms with van der Waals surface area (Å²) in [6.45, 7) is 1.22. The molecule has 2 rings (SSSR count). The van der Waals surface area contributed by atoms with Gasteiger partial charge in [-0.3, -0.25) is 0 Å². The number of benzene rings is 1. The van der Waals surface area contributed by atoms with Crippen molar-refractivity contribution >= 4 is 0 Å². The van der Waals surface area contributed by atoms with Crippen molar-refractivity contribution in [2.75, 3.05) is 6.61 Å². The van der Waals surface area contributed by atoms with E-state index < -0.39 is 11.9 Å². The molecule has 0 aliphatic carbocycles. The molecule has 1 atom stereocenters. The molecule has 2 aromatic rings. The molecule has 0 saturated carbocycles. The molecule has 0 amide bonds. The highest BCUT2D eigenvalue weighted by atomic mass is 19.4. The number of alkyl halides is 3. The zero-order chi connectivity index (χ0) is 15.6. The maximum absolute atomic E-state index is 12.7. The first-order valence-electron chi connectivity index (χ1n) is 6.41. The van der Waals surface area contributed by atoms with Crippen molar-refractivity contribution in [1.82, 2.24) is 9.97 Å². The third kappa shape index (κ3) is 3.62. The van der Waals surface area contributed by atoms with Crippen LogP contribution in [0.3, 0.4) is 0 Å². The lowest BCUT2D eigenvalue weighted by atomic mass is 10.0. The van der Waals surface area contributed by atoms with Gasteiger partial charge in [-0.2, -0.15) is 13.2 Å². The quantitative estimate of drug-likeness (QED) is 0.810. The minimum absolute atomic E-state index is 0.0103. The Kier molecular flexibility index (Phi) is 4.34. The minimum Gasteiger partial charge on any atom is -0.395 e. The second kappa shape index (κ2) is 5.87. The van der Waals surface area contributed by atoms with E-state index in [9.17, 15) is 13.2 Å². The summed E-state index contributed by atoms with van der Waals surface area (Å²) in [4.78, 5) is 6.26. The summed E-state index contributed by atoms with van der Waals surface area (Å²) in [6.07, 6.45) is -3.96. The van der Waals surface area contributed by atoms with E-state index >= 15 is 0 Å². The summed E-state index contributed by atoms with van der Waals surface area (Å²) in [5.74, 6) is 0.179. The molecule has 0 saturated heterocycles. The van der Waals surface area contributed by atoms with E-state index in [0.717, 1.165) is 5.56 Å². The second-order valence-electron chi connectivity index (χ2n) is 4.90. The predicted octanol–water partition coefficient (Wildman–Crippen LogP) is 2.27. The van der Waals surface area contributed by atoms with E-state index in [1.807, 2.05) is 0 Å². The number of halogens is 3. The van der Waals surface area contributed by atoms with Gasteiger partial charge < -0.3 is 15.8 Å². The van der Waals surface area contributed by atoms with E-state index in [4.69, 9.17) is 10.8 Å². The van der Waals surface area contributed by atoms with Gasteiger partial charge in [0, 0.05) is 17.3 Å². The van der Waals surface area contributed by atoms with Gasteiger partial charge in [-0.15, -0.1) is 0 Å². The zero-order valence-electron chi connectivity index (χ0n) is 11.4. The van der Waals surface area contributed by atoms with Gasteiger partial charge >= 0.3 is 6.18 Å². The van der Waals surface area contributed by atoms with Crippen molar-refractivity contribution in [3.63, 3.8) is 0 Å². The number of aromatic amines is 1. The molecule has 4 N–H and O–H groups in total. The van der Waals surface area contributed by atoms with Crippen molar-refractivity contribution < 1.29 is 18.3 Å². The standard InChI is InChI=1S/C14H16F3N3O/c1-8-12(14(15,16)17)20-13(19-8)10-4-2-9(3-5-10)6-11(18)7-21/h2-5,11,21H,6-7,18H2,1H3,(H,19,20)/t11-/m0/s1. The van der Waals surface area contributed by atoms with Crippen LogP contribution < -0.4 is 5.73 Å². The maximum atomic E-state index is 12.7. The van der Waals surface area contributed by atoms with Crippen LogP contribution in [0.25, 0.3) is 11.4 Å². The third-order valence-corrected chi connectivity index (χ3v) is 3.11. The molecular formula is C14H16F3N3O. The van der Waals surface area contributed by atoms with E-state index in [2.05, 4.69) is 9.97 Å². The number of imidazole rings is 1. The van der Waals surface area contributed by atoms with Gasteiger partial charge in [0.2, 0.25) is 0 Å². The lowest BCUT2D eigenvalue weighted by Crippen LogP contribution is -2.26. The summed E-state index contributed by atoms with van der Waals surface area (Å²) in [6, 6.07) is 6.53. The molecule has 0 fully saturated rings. The molecule has 21 heavy (non-hydrogen) atoms. The number of aliphatic hydroxyl groups is 1. The molecule has 0 spiro atoms. The smallest absolute Gasteiger partial charge is 0.395 e. The number of hydrogen-bond donors (Lipinski definition) is 3. The van der Waals surface area contributed by atoms with Crippen LogP contribution in [-0.4, -0.2) is 27.7 Å². The highest BCUT2D eigenvalue weighted by Crippen LogP contribution is 2.32. The van der Waals surface area contributed by atoms with E-state index in [-0.39, 0.29) is 24.2 Å². The zero-order valence-corrected chi connectivity index (χ0v) is 11.4. The molecule has 1 aromatic carbocycles. The molecule has 114 valence electrons. The first kappa shape index (κ1) is 15.5. The first-order valence-corrected chi connectivity index (χ1v) is 6.41. The number of nitrogens with two attached hydrogens (primary N) is 1. The maximum Gasteiger partial charge on any atom is 0.435 e. The lowest BCUT2D eigenvalue weighted by Gasteiger charge is -2.08. The average molecular weight is 299 g/mol. The fraction of sp³-hybridized carbons (Fsp3) is 0.357. The highest BCUT2D eigenvalue weighted by Gasteiger charge is 2.36. The van der Waals surface area contributed by atoms with Crippen molar-refractivity contribution in [1.29, 1.82) is 0 Å². The highest BCUT2D eigenvalue weighted by molar-refractivity contribution is 5.56. The third-order valence-electron chi connectivity index (χ3n) is 3.11. The van der Waals surface area contributed by atoms with Gasteiger partial charge in [-0.05, 0) is 18.9 Å². The molecule has 4 nitrogen and oxygen atoms in total. The fourth-order valence-corrected chi connectivity index (χ4v) is 2.04. The van der Waals surface area contributed by atoms with Crippen LogP contribution in [0.4, 0.5) is 13.2 Å². The monoisotopic (exact) mass is 299 g/mol. The van der Waals surface area contributed by atoms with Gasteiger partial charge in [-0.25, -0.2) is 4.98 Å². The predicted molar refractivity (Wildman–Crippen MR) is 72.5 cm³/mol. The fourth-order valence-electron chi connectivity index (χ4n) is 2.04. The van der Waals surface area contributed by atoms with Crippen LogP contribution in [0.1, 0.15) is 17.0 Å². The second-order valence-corrected chi connectivity index (χ2v) is 4.90. The van der Waals surface area contributed by atoms with Crippen molar-refractivity contribution in [3.8, 4) is 11.4 Å². The SMILES string of the molecule is Cc1[nH]c(-c2ccc(C[C@H](N)CO)cc2)nc1C(F)(F)F. The summed E-state index contributed by atoms with van der Waals surface area (Å²) >= 11 is 0. The number of nitrogens with one attached hydrogen (secondary N) is 1.